The van der Waals surface area contributed by atoms with E-state index in [4.69, 9.17) is 4.74 Å². The zero-order valence-corrected chi connectivity index (χ0v) is 9.36. The number of carbonyl (C=O) groups excluding carboxylic acids is 1. The highest BCUT2D eigenvalue weighted by Gasteiger charge is 2.15. The van der Waals surface area contributed by atoms with Crippen molar-refractivity contribution in [2.24, 2.45) is 0 Å². The molecule has 1 aromatic heterocycles. The summed E-state index contributed by atoms with van der Waals surface area (Å²) in [7, 11) is 0. The number of rotatable bonds is 3. The van der Waals surface area contributed by atoms with Crippen LogP contribution < -0.4 is 0 Å². The molecule has 0 spiro atoms. The molecule has 15 heavy (non-hydrogen) atoms. The van der Waals surface area contributed by atoms with E-state index < -0.39 is 5.60 Å². The van der Waals surface area contributed by atoms with Gasteiger partial charge in [-0.05, 0) is 38.5 Å². The molecule has 81 valence electrons. The minimum absolute atomic E-state index is 0.209. The van der Waals surface area contributed by atoms with Crippen LogP contribution >= 0.6 is 0 Å². The Morgan fingerprint density at radius 3 is 2.53 bits per heavy atom. The van der Waals surface area contributed by atoms with E-state index in [9.17, 15) is 4.79 Å². The minimum Gasteiger partial charge on any atom is -0.460 e. The molecule has 0 fully saturated rings. The van der Waals surface area contributed by atoms with Gasteiger partial charge in [0, 0.05) is 18.8 Å². The third kappa shape index (κ3) is 5.15. The van der Waals surface area contributed by atoms with Crippen molar-refractivity contribution in [3.8, 4) is 0 Å². The first kappa shape index (κ1) is 11.7. The van der Waals surface area contributed by atoms with Crippen LogP contribution in [0.1, 0.15) is 32.8 Å². The van der Waals surface area contributed by atoms with Gasteiger partial charge in [-0.3, -0.25) is 9.78 Å². The molecule has 1 aromatic rings. The van der Waals surface area contributed by atoms with Crippen LogP contribution in [0.15, 0.2) is 24.5 Å². The zero-order valence-electron chi connectivity index (χ0n) is 9.36. The van der Waals surface area contributed by atoms with Gasteiger partial charge in [0.15, 0.2) is 0 Å². The number of carbonyl (C=O) groups is 1. The topological polar surface area (TPSA) is 39.2 Å². The van der Waals surface area contributed by atoms with Gasteiger partial charge in [-0.15, -0.1) is 0 Å². The normalized spacial score (nSPS) is 11.1. The van der Waals surface area contributed by atoms with Crippen molar-refractivity contribution in [2.45, 2.75) is 32.8 Å². The number of hydrogen-bond acceptors (Lipinski definition) is 3. The predicted octanol–water partition coefficient (Wildman–Crippen LogP) is 2.37. The van der Waals surface area contributed by atoms with Gasteiger partial charge in [-0.25, -0.2) is 0 Å². The van der Waals surface area contributed by atoms with Crippen molar-refractivity contribution >= 4 is 5.97 Å². The third-order valence-corrected chi connectivity index (χ3v) is 1.63. The number of ether oxygens (including phenoxy) is 1. The Labute approximate surface area is 90.5 Å². The summed E-state index contributed by atoms with van der Waals surface area (Å²) in [6, 6.07) is 3.70. The van der Waals surface area contributed by atoms with Gasteiger partial charge in [0.05, 0.1) is 6.42 Å². The molecule has 3 heteroatoms. The number of aromatic nitrogens is 1. The SMILES string of the molecule is CC(C)(C)OC(=O)C[CH]c1ccncc1. The maximum atomic E-state index is 11.4. The fourth-order valence-electron chi connectivity index (χ4n) is 1.08. The van der Waals surface area contributed by atoms with Crippen molar-refractivity contribution in [2.75, 3.05) is 0 Å². The Balaban J connectivity index is 2.35. The summed E-state index contributed by atoms with van der Waals surface area (Å²) in [5.74, 6) is -0.209. The Bertz CT molecular complexity index is 314. The Kier molecular flexibility index (Phi) is 3.83. The molecule has 3 nitrogen and oxygen atoms in total. The molecule has 0 aliphatic carbocycles. The van der Waals surface area contributed by atoms with E-state index in [0.29, 0.717) is 6.42 Å². The van der Waals surface area contributed by atoms with E-state index in [0.717, 1.165) is 5.56 Å². The standard InChI is InChI=1S/C12H16NO2/c1-12(2,3)15-11(14)5-4-10-6-8-13-9-7-10/h4,6-9H,5H2,1-3H3. The van der Waals surface area contributed by atoms with E-state index in [1.807, 2.05) is 39.3 Å². The lowest BCUT2D eigenvalue weighted by Crippen LogP contribution is -2.23. The minimum atomic E-state index is -0.414. The molecule has 0 aromatic carbocycles. The number of hydrogen-bond donors (Lipinski definition) is 0. The van der Waals surface area contributed by atoms with Crippen LogP contribution in [-0.4, -0.2) is 16.6 Å². The largest absolute Gasteiger partial charge is 0.460 e. The first-order chi connectivity index (χ1) is 6.97. The predicted molar refractivity (Wildman–Crippen MR) is 58.1 cm³/mol. The maximum absolute atomic E-state index is 11.4. The molecule has 1 rings (SSSR count). The summed E-state index contributed by atoms with van der Waals surface area (Å²) in [4.78, 5) is 15.3. The summed E-state index contributed by atoms with van der Waals surface area (Å²) in [5.41, 5.74) is 0.569. The van der Waals surface area contributed by atoms with Gasteiger partial charge in [-0.2, -0.15) is 0 Å². The fraction of sp³-hybridized carbons (Fsp3) is 0.417. The summed E-state index contributed by atoms with van der Waals surface area (Å²) < 4.78 is 5.17. The number of nitrogens with zero attached hydrogens (tertiary/aromatic N) is 1. The van der Waals surface area contributed by atoms with Gasteiger partial charge in [0.25, 0.3) is 0 Å². The van der Waals surface area contributed by atoms with E-state index in [-0.39, 0.29) is 5.97 Å². The van der Waals surface area contributed by atoms with Gasteiger partial charge < -0.3 is 4.74 Å². The second-order valence-corrected chi connectivity index (χ2v) is 4.28. The zero-order chi connectivity index (χ0) is 11.3. The van der Waals surface area contributed by atoms with Gasteiger partial charge >= 0.3 is 5.97 Å². The van der Waals surface area contributed by atoms with E-state index in [1.165, 1.54) is 0 Å². The van der Waals surface area contributed by atoms with Gasteiger partial charge in [0.1, 0.15) is 5.60 Å². The molecule has 0 aliphatic rings. The van der Waals surface area contributed by atoms with Crippen LogP contribution in [0, 0.1) is 6.42 Å². The Morgan fingerprint density at radius 2 is 2.00 bits per heavy atom. The first-order valence-electron chi connectivity index (χ1n) is 4.92. The monoisotopic (exact) mass is 206 g/mol. The second kappa shape index (κ2) is 4.91. The van der Waals surface area contributed by atoms with Crippen LogP contribution in [0.2, 0.25) is 0 Å². The summed E-state index contributed by atoms with van der Waals surface area (Å²) in [6.45, 7) is 5.58. The number of esters is 1. The van der Waals surface area contributed by atoms with Crippen LogP contribution in [0.3, 0.4) is 0 Å². The molecule has 0 amide bonds. The first-order valence-corrected chi connectivity index (χ1v) is 4.92. The lowest BCUT2D eigenvalue weighted by molar-refractivity contribution is -0.153. The van der Waals surface area contributed by atoms with Crippen molar-refractivity contribution in [3.63, 3.8) is 0 Å². The Hall–Kier alpha value is -1.38. The molecule has 0 bridgehead atoms. The lowest BCUT2D eigenvalue weighted by Gasteiger charge is -2.19. The van der Waals surface area contributed by atoms with Gasteiger partial charge in [0.2, 0.25) is 0 Å². The highest BCUT2D eigenvalue weighted by molar-refractivity contribution is 5.71. The highest BCUT2D eigenvalue weighted by atomic mass is 16.6. The molecule has 0 atom stereocenters. The highest BCUT2D eigenvalue weighted by Crippen LogP contribution is 2.11. The lowest BCUT2D eigenvalue weighted by atomic mass is 10.1. The van der Waals surface area contributed by atoms with Gasteiger partial charge in [-0.1, -0.05) is 0 Å². The quantitative estimate of drug-likeness (QED) is 0.713. The third-order valence-electron chi connectivity index (χ3n) is 1.63. The molecule has 1 radical (unpaired) electrons. The summed E-state index contributed by atoms with van der Waals surface area (Å²) in [6.07, 6.45) is 5.51. The molecule has 0 N–H and O–H groups in total. The van der Waals surface area contributed by atoms with Crippen molar-refractivity contribution in [1.29, 1.82) is 0 Å². The molecule has 0 saturated carbocycles. The number of pyridine rings is 1. The van der Waals surface area contributed by atoms with Crippen LogP contribution in [0.4, 0.5) is 0 Å². The smallest absolute Gasteiger partial charge is 0.306 e. The van der Waals surface area contributed by atoms with Crippen molar-refractivity contribution in [1.82, 2.24) is 4.98 Å². The molecule has 0 aliphatic heterocycles. The van der Waals surface area contributed by atoms with Crippen LogP contribution in [-0.2, 0) is 9.53 Å². The molecular weight excluding hydrogens is 190 g/mol. The van der Waals surface area contributed by atoms with Crippen molar-refractivity contribution < 1.29 is 9.53 Å². The van der Waals surface area contributed by atoms with E-state index in [2.05, 4.69) is 4.98 Å². The average Bonchev–Trinajstić information content (AvgIpc) is 2.14. The second-order valence-electron chi connectivity index (χ2n) is 4.28. The molecular formula is C12H16NO2. The Morgan fingerprint density at radius 1 is 1.40 bits per heavy atom. The summed E-state index contributed by atoms with van der Waals surface area (Å²) in [5, 5.41) is 0. The van der Waals surface area contributed by atoms with Crippen LogP contribution in [0.5, 0.6) is 0 Å². The van der Waals surface area contributed by atoms with Crippen molar-refractivity contribution in [3.05, 3.63) is 36.5 Å². The van der Waals surface area contributed by atoms with E-state index in [1.54, 1.807) is 12.4 Å². The van der Waals surface area contributed by atoms with Crippen LogP contribution in [0.25, 0.3) is 0 Å². The maximum Gasteiger partial charge on any atom is 0.306 e. The molecule has 0 saturated heterocycles. The fourth-order valence-corrected chi connectivity index (χ4v) is 1.08. The molecule has 1 heterocycles. The summed E-state index contributed by atoms with van der Waals surface area (Å²) >= 11 is 0. The average molecular weight is 206 g/mol. The van der Waals surface area contributed by atoms with E-state index >= 15 is 0 Å². The molecule has 0 unspecified atom stereocenters.